The van der Waals surface area contributed by atoms with Crippen LogP contribution in [0.4, 0.5) is 0 Å². The van der Waals surface area contributed by atoms with E-state index >= 15 is 0 Å². The number of hydrogen-bond acceptors (Lipinski definition) is 4. The lowest BCUT2D eigenvalue weighted by Crippen LogP contribution is -2.51. The molecule has 2 saturated heterocycles. The molecule has 1 amide bonds. The number of nitrogens with zero attached hydrogens (tertiary/aromatic N) is 2. The zero-order valence-corrected chi connectivity index (χ0v) is 15.4. The summed E-state index contributed by atoms with van der Waals surface area (Å²) in [7, 11) is 0. The Hall–Kier alpha value is -1.43. The largest absolute Gasteiger partial charge is 0.396 e. The number of aliphatic hydroxyl groups excluding tert-OH is 1. The van der Waals surface area contributed by atoms with Crippen molar-refractivity contribution < 1.29 is 14.6 Å². The molecule has 1 aromatic rings. The molecule has 2 unspecified atom stereocenters. The summed E-state index contributed by atoms with van der Waals surface area (Å²) < 4.78 is 5.61. The standard InChI is InChI=1S/C20H30N2O3/c1-15-16(2)25-12-11-22(15)20(24)19-5-3-17(4-6-19)13-21-9-7-18(14-23)8-10-21/h3-6,15-16,18,23H,7-14H2,1-2H3. The van der Waals surface area contributed by atoms with Gasteiger partial charge in [0, 0.05) is 25.3 Å². The molecule has 2 aliphatic rings. The lowest BCUT2D eigenvalue weighted by Gasteiger charge is -2.37. The molecule has 2 atom stereocenters. The van der Waals surface area contributed by atoms with Gasteiger partial charge >= 0.3 is 0 Å². The maximum atomic E-state index is 12.8. The molecule has 138 valence electrons. The predicted octanol–water partition coefficient (Wildman–Crippen LogP) is 2.14. The van der Waals surface area contributed by atoms with E-state index < -0.39 is 0 Å². The van der Waals surface area contributed by atoms with Crippen LogP contribution in [0.25, 0.3) is 0 Å². The van der Waals surface area contributed by atoms with Crippen molar-refractivity contribution in [3.05, 3.63) is 35.4 Å². The second-order valence-electron chi connectivity index (χ2n) is 7.41. The summed E-state index contributed by atoms with van der Waals surface area (Å²) in [6.07, 6.45) is 2.22. The fraction of sp³-hybridized carbons (Fsp3) is 0.650. The van der Waals surface area contributed by atoms with Gasteiger partial charge in [-0.2, -0.15) is 0 Å². The normalized spacial score (nSPS) is 26.0. The van der Waals surface area contributed by atoms with Crippen LogP contribution in [0.5, 0.6) is 0 Å². The maximum Gasteiger partial charge on any atom is 0.254 e. The number of hydrogen-bond donors (Lipinski definition) is 1. The average Bonchev–Trinajstić information content (AvgIpc) is 2.65. The van der Waals surface area contributed by atoms with Gasteiger partial charge in [0.1, 0.15) is 0 Å². The minimum absolute atomic E-state index is 0.0822. The van der Waals surface area contributed by atoms with Gasteiger partial charge in [0.05, 0.1) is 18.8 Å². The fourth-order valence-electron chi connectivity index (χ4n) is 3.72. The summed E-state index contributed by atoms with van der Waals surface area (Å²) in [5, 5.41) is 9.23. The molecule has 2 aliphatic heterocycles. The van der Waals surface area contributed by atoms with Gasteiger partial charge in [-0.25, -0.2) is 0 Å². The molecule has 5 heteroatoms. The number of morpholine rings is 1. The Balaban J connectivity index is 1.57. The Morgan fingerprint density at radius 3 is 2.48 bits per heavy atom. The van der Waals surface area contributed by atoms with Crippen LogP contribution in [0, 0.1) is 5.92 Å². The van der Waals surface area contributed by atoms with Gasteiger partial charge in [0.2, 0.25) is 0 Å². The van der Waals surface area contributed by atoms with Crippen LogP contribution in [0.1, 0.15) is 42.6 Å². The number of ether oxygens (including phenoxy) is 1. The molecular formula is C20H30N2O3. The van der Waals surface area contributed by atoms with E-state index in [0.717, 1.165) is 38.0 Å². The highest BCUT2D eigenvalue weighted by Gasteiger charge is 2.29. The van der Waals surface area contributed by atoms with Crippen LogP contribution in [0.3, 0.4) is 0 Å². The molecule has 5 nitrogen and oxygen atoms in total. The molecule has 0 aliphatic carbocycles. The second-order valence-corrected chi connectivity index (χ2v) is 7.41. The van der Waals surface area contributed by atoms with Crippen molar-refractivity contribution in [3.8, 4) is 0 Å². The van der Waals surface area contributed by atoms with Crippen molar-refractivity contribution in [1.82, 2.24) is 9.80 Å². The van der Waals surface area contributed by atoms with Gasteiger partial charge in [-0.05, 0) is 63.4 Å². The molecule has 0 aromatic heterocycles. The van der Waals surface area contributed by atoms with Crippen LogP contribution in [-0.4, -0.2) is 65.8 Å². The molecule has 25 heavy (non-hydrogen) atoms. The van der Waals surface area contributed by atoms with E-state index in [0.29, 0.717) is 25.7 Å². The van der Waals surface area contributed by atoms with Crippen LogP contribution >= 0.6 is 0 Å². The number of amides is 1. The summed E-state index contributed by atoms with van der Waals surface area (Å²) in [6, 6.07) is 8.14. The quantitative estimate of drug-likeness (QED) is 0.908. The number of benzene rings is 1. The molecule has 1 aromatic carbocycles. The molecule has 0 spiro atoms. The second kappa shape index (κ2) is 8.30. The summed E-state index contributed by atoms with van der Waals surface area (Å²) in [5.74, 6) is 0.562. The van der Waals surface area contributed by atoms with Crippen LogP contribution in [-0.2, 0) is 11.3 Å². The van der Waals surface area contributed by atoms with E-state index in [4.69, 9.17) is 4.74 Å². The van der Waals surface area contributed by atoms with E-state index in [1.165, 1.54) is 5.56 Å². The zero-order valence-electron chi connectivity index (χ0n) is 15.4. The minimum atomic E-state index is 0.0822. The molecule has 0 saturated carbocycles. The van der Waals surface area contributed by atoms with Crippen molar-refractivity contribution in [3.63, 3.8) is 0 Å². The van der Waals surface area contributed by atoms with Crippen LogP contribution < -0.4 is 0 Å². The van der Waals surface area contributed by atoms with Crippen LogP contribution in [0.2, 0.25) is 0 Å². The summed E-state index contributed by atoms with van der Waals surface area (Å²) in [5.41, 5.74) is 1.99. The fourth-order valence-corrected chi connectivity index (χ4v) is 3.72. The Morgan fingerprint density at radius 1 is 1.16 bits per heavy atom. The van der Waals surface area contributed by atoms with Gasteiger partial charge in [0.25, 0.3) is 5.91 Å². The highest BCUT2D eigenvalue weighted by molar-refractivity contribution is 5.94. The third kappa shape index (κ3) is 4.40. The number of piperidine rings is 1. The SMILES string of the molecule is CC1OCCN(C(=O)c2ccc(CN3CCC(CO)CC3)cc2)C1C. The van der Waals surface area contributed by atoms with E-state index in [1.54, 1.807) is 0 Å². The number of aliphatic hydroxyl groups is 1. The third-order valence-electron chi connectivity index (χ3n) is 5.72. The van der Waals surface area contributed by atoms with E-state index in [-0.39, 0.29) is 18.1 Å². The first-order valence-electron chi connectivity index (χ1n) is 9.43. The van der Waals surface area contributed by atoms with Crippen molar-refractivity contribution in [1.29, 1.82) is 0 Å². The van der Waals surface area contributed by atoms with E-state index in [2.05, 4.69) is 17.0 Å². The lowest BCUT2D eigenvalue weighted by molar-refractivity contribution is -0.0440. The van der Waals surface area contributed by atoms with Crippen molar-refractivity contribution in [2.24, 2.45) is 5.92 Å². The third-order valence-corrected chi connectivity index (χ3v) is 5.72. The number of carbonyl (C=O) groups is 1. The van der Waals surface area contributed by atoms with Gasteiger partial charge in [-0.1, -0.05) is 12.1 Å². The Kier molecular flexibility index (Phi) is 6.10. The Labute approximate surface area is 150 Å². The summed E-state index contributed by atoms with van der Waals surface area (Å²) in [4.78, 5) is 17.1. The average molecular weight is 346 g/mol. The zero-order chi connectivity index (χ0) is 17.8. The topological polar surface area (TPSA) is 53.0 Å². The highest BCUT2D eigenvalue weighted by atomic mass is 16.5. The molecule has 0 bridgehead atoms. The number of likely N-dealkylation sites (tertiary alicyclic amines) is 1. The molecule has 2 heterocycles. The Bertz CT molecular complexity index is 567. The molecule has 3 rings (SSSR count). The summed E-state index contributed by atoms with van der Waals surface area (Å²) in [6.45, 7) is 8.63. The van der Waals surface area contributed by atoms with E-state index in [1.807, 2.05) is 30.9 Å². The first kappa shape index (κ1) is 18.4. The lowest BCUT2D eigenvalue weighted by atomic mass is 9.97. The first-order chi connectivity index (χ1) is 12.1. The molecular weight excluding hydrogens is 316 g/mol. The van der Waals surface area contributed by atoms with Crippen LogP contribution in [0.15, 0.2) is 24.3 Å². The number of rotatable bonds is 4. The predicted molar refractivity (Wildman–Crippen MR) is 97.4 cm³/mol. The number of carbonyl (C=O) groups excluding carboxylic acids is 1. The highest BCUT2D eigenvalue weighted by Crippen LogP contribution is 2.20. The summed E-state index contributed by atoms with van der Waals surface area (Å²) >= 11 is 0. The Morgan fingerprint density at radius 2 is 1.84 bits per heavy atom. The monoisotopic (exact) mass is 346 g/mol. The van der Waals surface area contributed by atoms with Gasteiger partial charge in [-0.3, -0.25) is 9.69 Å². The molecule has 1 N–H and O–H groups in total. The van der Waals surface area contributed by atoms with E-state index in [9.17, 15) is 9.90 Å². The van der Waals surface area contributed by atoms with Crippen molar-refractivity contribution in [2.75, 3.05) is 32.8 Å². The molecule has 0 radical (unpaired) electrons. The smallest absolute Gasteiger partial charge is 0.254 e. The van der Waals surface area contributed by atoms with Crippen molar-refractivity contribution in [2.45, 2.75) is 45.4 Å². The minimum Gasteiger partial charge on any atom is -0.396 e. The maximum absolute atomic E-state index is 12.8. The van der Waals surface area contributed by atoms with Gasteiger partial charge < -0.3 is 14.7 Å². The van der Waals surface area contributed by atoms with Gasteiger partial charge in [-0.15, -0.1) is 0 Å². The molecule has 2 fully saturated rings. The first-order valence-corrected chi connectivity index (χ1v) is 9.43. The van der Waals surface area contributed by atoms with Gasteiger partial charge in [0.15, 0.2) is 0 Å². The van der Waals surface area contributed by atoms with Crippen molar-refractivity contribution >= 4 is 5.91 Å².